The minimum Gasteiger partial charge on any atom is -0.321 e. The van der Waals surface area contributed by atoms with Gasteiger partial charge in [-0.25, -0.2) is 0 Å². The molecule has 6 heteroatoms. The van der Waals surface area contributed by atoms with Crippen molar-refractivity contribution in [3.05, 3.63) is 36.9 Å². The summed E-state index contributed by atoms with van der Waals surface area (Å²) in [5.74, 6) is -0.605. The Bertz CT molecular complexity index is 496. The quantitative estimate of drug-likeness (QED) is 0.630. The maximum atomic E-state index is 12.7. The summed E-state index contributed by atoms with van der Waals surface area (Å²) in [4.78, 5) is 10.3. The van der Waals surface area contributed by atoms with Crippen molar-refractivity contribution in [2.45, 2.75) is 4.90 Å². The first-order valence-electron chi connectivity index (χ1n) is 3.92. The number of rotatable bonds is 3. The Morgan fingerprint density at radius 1 is 1.40 bits per heavy atom. The molecule has 1 amide bonds. The summed E-state index contributed by atoms with van der Waals surface area (Å²) in [5.41, 5.74) is -0.107. The van der Waals surface area contributed by atoms with E-state index in [9.17, 15) is 17.1 Å². The molecule has 1 rings (SSSR count). The van der Waals surface area contributed by atoms with Gasteiger partial charge in [0.2, 0.25) is 5.91 Å². The molecular weight excluding hydrogens is 221 g/mol. The fourth-order valence-corrected chi connectivity index (χ4v) is 1.59. The third-order valence-corrected chi connectivity index (χ3v) is 2.47. The largest absolute Gasteiger partial charge is 0.334 e. The molecule has 0 aromatic heterocycles. The van der Waals surface area contributed by atoms with Crippen LogP contribution in [-0.2, 0) is 15.0 Å². The second-order valence-corrected chi connectivity index (χ2v) is 3.94. The summed E-state index contributed by atoms with van der Waals surface area (Å²) in [6.45, 7) is 3.19. The van der Waals surface area contributed by atoms with Crippen molar-refractivity contribution in [2.24, 2.45) is 0 Å². The van der Waals surface area contributed by atoms with Crippen molar-refractivity contribution < 1.29 is 17.1 Å². The Kier molecular flexibility index (Phi) is 3.21. The van der Waals surface area contributed by atoms with E-state index >= 15 is 0 Å². The molecule has 1 aromatic rings. The first-order valence-corrected chi connectivity index (χ1v) is 5.30. The highest BCUT2D eigenvalue weighted by Gasteiger charge is 2.17. The predicted octanol–water partition coefficient (Wildman–Crippen LogP) is 1.47. The van der Waals surface area contributed by atoms with Gasteiger partial charge in [0.25, 0.3) is 0 Å². The summed E-state index contributed by atoms with van der Waals surface area (Å²) in [6, 6.07) is 5.19. The first kappa shape index (κ1) is 11.4. The molecule has 0 saturated heterocycles. The summed E-state index contributed by atoms with van der Waals surface area (Å²) in [7, 11) is -4.84. The van der Waals surface area contributed by atoms with E-state index in [1.807, 2.05) is 0 Å². The lowest BCUT2D eigenvalue weighted by atomic mass is 10.3. The number of halogens is 1. The smallest absolute Gasteiger partial charge is 0.321 e. The monoisotopic (exact) mass is 229 g/mol. The Morgan fingerprint density at radius 3 is 2.53 bits per heavy atom. The highest BCUT2D eigenvalue weighted by atomic mass is 32.3. The molecule has 1 N–H and O–H groups in total. The lowest BCUT2D eigenvalue weighted by molar-refractivity contribution is -0.111. The molecular formula is C9H8FNO3S. The fraction of sp³-hybridized carbons (Fsp3) is 0. The highest BCUT2D eigenvalue weighted by molar-refractivity contribution is 7.86. The molecule has 0 fully saturated rings. The molecule has 0 aliphatic rings. The van der Waals surface area contributed by atoms with Crippen LogP contribution in [0.15, 0.2) is 41.8 Å². The van der Waals surface area contributed by atoms with Crippen LogP contribution in [0, 0.1) is 0 Å². The number of para-hydroxylation sites is 1. The highest BCUT2D eigenvalue weighted by Crippen LogP contribution is 2.22. The molecule has 0 atom stereocenters. The summed E-state index contributed by atoms with van der Waals surface area (Å²) >= 11 is 0. The molecule has 15 heavy (non-hydrogen) atoms. The van der Waals surface area contributed by atoms with Crippen LogP contribution in [0.2, 0.25) is 0 Å². The zero-order valence-electron chi connectivity index (χ0n) is 7.60. The number of benzene rings is 1. The Balaban J connectivity index is 3.19. The van der Waals surface area contributed by atoms with Crippen molar-refractivity contribution in [2.75, 3.05) is 5.32 Å². The lowest BCUT2D eigenvalue weighted by Gasteiger charge is -2.05. The van der Waals surface area contributed by atoms with E-state index in [1.54, 1.807) is 0 Å². The molecule has 0 aliphatic carbocycles. The number of hydrogen-bond donors (Lipinski definition) is 1. The van der Waals surface area contributed by atoms with E-state index in [-0.39, 0.29) is 5.69 Å². The Morgan fingerprint density at radius 2 is 2.00 bits per heavy atom. The summed E-state index contributed by atoms with van der Waals surface area (Å²) < 4.78 is 34.1. The van der Waals surface area contributed by atoms with Crippen LogP contribution in [0.4, 0.5) is 9.57 Å². The topological polar surface area (TPSA) is 63.2 Å². The molecule has 0 bridgehead atoms. The second kappa shape index (κ2) is 4.22. The minimum absolute atomic E-state index is 0.107. The molecule has 80 valence electrons. The van der Waals surface area contributed by atoms with Crippen molar-refractivity contribution in [3.63, 3.8) is 0 Å². The van der Waals surface area contributed by atoms with E-state index in [0.717, 1.165) is 12.1 Å². The van der Waals surface area contributed by atoms with Gasteiger partial charge in [-0.05, 0) is 18.2 Å². The van der Waals surface area contributed by atoms with Gasteiger partial charge in [-0.15, -0.1) is 3.89 Å². The minimum atomic E-state index is -4.84. The number of amides is 1. The molecule has 1 aromatic carbocycles. The van der Waals surface area contributed by atoms with Crippen molar-refractivity contribution in [1.82, 2.24) is 0 Å². The Hall–Kier alpha value is -1.69. The summed E-state index contributed by atoms with van der Waals surface area (Å²) in [5, 5.41) is 2.19. The third-order valence-electron chi connectivity index (χ3n) is 1.59. The van der Waals surface area contributed by atoms with Crippen LogP contribution in [0.5, 0.6) is 0 Å². The van der Waals surface area contributed by atoms with E-state index in [4.69, 9.17) is 0 Å². The van der Waals surface area contributed by atoms with E-state index in [1.165, 1.54) is 18.2 Å². The number of carbonyl (C=O) groups is 1. The molecule has 0 unspecified atom stereocenters. The average molecular weight is 229 g/mol. The number of hydrogen-bond acceptors (Lipinski definition) is 3. The van der Waals surface area contributed by atoms with Gasteiger partial charge in [0, 0.05) is 0 Å². The molecule has 0 aliphatic heterocycles. The van der Waals surface area contributed by atoms with E-state index in [0.29, 0.717) is 0 Å². The van der Waals surface area contributed by atoms with Crippen LogP contribution in [0.3, 0.4) is 0 Å². The lowest BCUT2D eigenvalue weighted by Crippen LogP contribution is -2.10. The van der Waals surface area contributed by atoms with Crippen molar-refractivity contribution >= 4 is 21.8 Å². The van der Waals surface area contributed by atoms with Gasteiger partial charge in [0.05, 0.1) is 5.69 Å². The van der Waals surface area contributed by atoms with Crippen LogP contribution >= 0.6 is 0 Å². The average Bonchev–Trinajstić information content (AvgIpc) is 2.17. The third kappa shape index (κ3) is 2.88. The summed E-state index contributed by atoms with van der Waals surface area (Å²) in [6.07, 6.45) is 0.960. The van der Waals surface area contributed by atoms with Crippen LogP contribution in [-0.4, -0.2) is 14.3 Å². The van der Waals surface area contributed by atoms with Gasteiger partial charge < -0.3 is 5.32 Å². The van der Waals surface area contributed by atoms with E-state index < -0.39 is 21.0 Å². The molecule has 0 saturated carbocycles. The van der Waals surface area contributed by atoms with Gasteiger partial charge in [0.15, 0.2) is 0 Å². The zero-order valence-corrected chi connectivity index (χ0v) is 8.42. The van der Waals surface area contributed by atoms with Gasteiger partial charge >= 0.3 is 10.2 Å². The molecule has 0 heterocycles. The SMILES string of the molecule is C=CC(=O)Nc1ccccc1S(=O)(=O)F. The van der Waals surface area contributed by atoms with Crippen molar-refractivity contribution in [1.29, 1.82) is 0 Å². The first-order chi connectivity index (χ1) is 6.95. The maximum Gasteiger partial charge on any atom is 0.334 e. The van der Waals surface area contributed by atoms with Crippen molar-refractivity contribution in [3.8, 4) is 0 Å². The number of nitrogens with one attached hydrogen (secondary N) is 1. The molecule has 0 radical (unpaired) electrons. The van der Waals surface area contributed by atoms with E-state index in [2.05, 4.69) is 11.9 Å². The second-order valence-electron chi connectivity index (χ2n) is 2.63. The molecule has 4 nitrogen and oxygen atoms in total. The fourth-order valence-electron chi connectivity index (χ4n) is 0.966. The zero-order chi connectivity index (χ0) is 11.5. The standard InChI is InChI=1S/C9H8FNO3S/c1-2-9(12)11-7-5-3-4-6-8(7)15(10,13)14/h2-6H,1H2,(H,11,12). The van der Waals surface area contributed by atoms with Gasteiger partial charge in [-0.2, -0.15) is 8.42 Å². The number of anilines is 1. The number of carbonyl (C=O) groups excluding carboxylic acids is 1. The van der Waals surface area contributed by atoms with Gasteiger partial charge in [-0.3, -0.25) is 4.79 Å². The predicted molar refractivity (Wildman–Crippen MR) is 53.6 cm³/mol. The maximum absolute atomic E-state index is 12.7. The Labute approximate surface area is 86.6 Å². The van der Waals surface area contributed by atoms with Gasteiger partial charge in [-0.1, -0.05) is 18.7 Å². The van der Waals surface area contributed by atoms with Gasteiger partial charge in [0.1, 0.15) is 4.90 Å². The normalized spacial score (nSPS) is 10.7. The van der Waals surface area contributed by atoms with Crippen LogP contribution in [0.1, 0.15) is 0 Å². The molecule has 0 spiro atoms. The van der Waals surface area contributed by atoms with Crippen LogP contribution in [0.25, 0.3) is 0 Å². The van der Waals surface area contributed by atoms with Crippen LogP contribution < -0.4 is 5.32 Å².